The fraction of sp³-hybridized carbons (Fsp3) is 0.353. The maximum atomic E-state index is 5.78. The molecule has 0 saturated carbocycles. The number of pyridine rings is 2. The molecule has 0 radical (unpaired) electrons. The Bertz CT molecular complexity index is 660. The third-order valence-corrected chi connectivity index (χ3v) is 3.52. The average molecular weight is 348 g/mol. The van der Waals surface area contributed by atoms with Gasteiger partial charge in [0.05, 0.1) is 6.61 Å². The summed E-state index contributed by atoms with van der Waals surface area (Å²) >= 11 is 5.78. The van der Waals surface area contributed by atoms with Gasteiger partial charge in [0.25, 0.3) is 0 Å². The summed E-state index contributed by atoms with van der Waals surface area (Å²) in [6, 6.07) is 7.64. The van der Waals surface area contributed by atoms with E-state index >= 15 is 0 Å². The zero-order valence-corrected chi connectivity index (χ0v) is 14.7. The van der Waals surface area contributed by atoms with Crippen LogP contribution in [0.4, 0.5) is 0 Å². The number of nitrogens with zero attached hydrogens (tertiary/aromatic N) is 3. The summed E-state index contributed by atoms with van der Waals surface area (Å²) in [5, 5.41) is 7.04. The predicted molar refractivity (Wildman–Crippen MR) is 96.6 cm³/mol. The fourth-order valence-corrected chi connectivity index (χ4v) is 2.22. The number of rotatable bonds is 7. The second-order valence-corrected chi connectivity index (χ2v) is 5.38. The van der Waals surface area contributed by atoms with Gasteiger partial charge in [0.15, 0.2) is 5.96 Å². The molecule has 2 aromatic rings. The van der Waals surface area contributed by atoms with Crippen molar-refractivity contribution in [3.8, 4) is 5.88 Å². The molecule has 2 heterocycles. The smallest absolute Gasteiger partial charge is 0.218 e. The van der Waals surface area contributed by atoms with Crippen LogP contribution < -0.4 is 15.4 Å². The van der Waals surface area contributed by atoms with Crippen LogP contribution in [0, 0.1) is 0 Å². The molecule has 0 unspecified atom stereocenters. The molecule has 0 aromatic carbocycles. The van der Waals surface area contributed by atoms with Gasteiger partial charge in [-0.05, 0) is 31.0 Å². The van der Waals surface area contributed by atoms with Crippen molar-refractivity contribution in [2.24, 2.45) is 4.99 Å². The molecule has 0 aliphatic heterocycles. The molecule has 0 spiro atoms. The number of ether oxygens (including phenoxy) is 1. The van der Waals surface area contributed by atoms with E-state index in [0.717, 1.165) is 30.1 Å². The van der Waals surface area contributed by atoms with Crippen LogP contribution in [0.2, 0.25) is 5.15 Å². The Morgan fingerprint density at radius 1 is 1.25 bits per heavy atom. The first-order valence-corrected chi connectivity index (χ1v) is 8.22. The third kappa shape index (κ3) is 5.70. The summed E-state index contributed by atoms with van der Waals surface area (Å²) in [4.78, 5) is 12.5. The zero-order chi connectivity index (χ0) is 17.2. The standard InChI is InChI=1S/C17H22ClN5O/c1-3-24-16-14(5-4-9-20-16)12-23-17(19-2)21-10-8-13-6-7-15(18)22-11-13/h4-7,9,11H,3,8,10,12H2,1-2H3,(H2,19,21,23). The van der Waals surface area contributed by atoms with Crippen molar-refractivity contribution in [1.29, 1.82) is 0 Å². The Hall–Kier alpha value is -2.34. The van der Waals surface area contributed by atoms with Gasteiger partial charge in [-0.15, -0.1) is 0 Å². The maximum Gasteiger partial charge on any atom is 0.218 e. The van der Waals surface area contributed by atoms with E-state index in [0.29, 0.717) is 24.2 Å². The second kappa shape index (κ2) is 9.72. The molecule has 0 fully saturated rings. The van der Waals surface area contributed by atoms with E-state index in [1.807, 2.05) is 25.1 Å². The van der Waals surface area contributed by atoms with Crippen molar-refractivity contribution >= 4 is 17.6 Å². The van der Waals surface area contributed by atoms with Gasteiger partial charge >= 0.3 is 0 Å². The van der Waals surface area contributed by atoms with E-state index in [4.69, 9.17) is 16.3 Å². The molecule has 7 heteroatoms. The van der Waals surface area contributed by atoms with E-state index in [9.17, 15) is 0 Å². The molecule has 2 N–H and O–H groups in total. The van der Waals surface area contributed by atoms with Gasteiger partial charge in [-0.2, -0.15) is 0 Å². The Morgan fingerprint density at radius 2 is 2.12 bits per heavy atom. The van der Waals surface area contributed by atoms with Crippen LogP contribution >= 0.6 is 11.6 Å². The molecule has 2 rings (SSSR count). The first-order chi connectivity index (χ1) is 11.7. The van der Waals surface area contributed by atoms with Crippen LogP contribution in [0.3, 0.4) is 0 Å². The number of aliphatic imine (C=N–C) groups is 1. The molecule has 0 amide bonds. The highest BCUT2D eigenvalue weighted by atomic mass is 35.5. The minimum absolute atomic E-state index is 0.505. The molecule has 0 aliphatic carbocycles. The van der Waals surface area contributed by atoms with E-state index < -0.39 is 0 Å². The van der Waals surface area contributed by atoms with Gasteiger partial charge in [0.1, 0.15) is 5.15 Å². The number of hydrogen-bond donors (Lipinski definition) is 2. The maximum absolute atomic E-state index is 5.78. The van der Waals surface area contributed by atoms with Crippen LogP contribution in [0.5, 0.6) is 5.88 Å². The normalized spacial score (nSPS) is 11.2. The monoisotopic (exact) mass is 347 g/mol. The van der Waals surface area contributed by atoms with E-state index in [1.165, 1.54) is 0 Å². The number of guanidine groups is 1. The van der Waals surface area contributed by atoms with Gasteiger partial charge in [0.2, 0.25) is 5.88 Å². The van der Waals surface area contributed by atoms with Crippen molar-refractivity contribution in [2.75, 3.05) is 20.2 Å². The highest BCUT2D eigenvalue weighted by Gasteiger charge is 2.05. The Morgan fingerprint density at radius 3 is 2.83 bits per heavy atom. The Kier molecular flexibility index (Phi) is 7.29. The van der Waals surface area contributed by atoms with Gasteiger partial charge in [0, 0.05) is 38.1 Å². The zero-order valence-electron chi connectivity index (χ0n) is 13.9. The van der Waals surface area contributed by atoms with Gasteiger partial charge in [-0.1, -0.05) is 23.7 Å². The highest BCUT2D eigenvalue weighted by Crippen LogP contribution is 2.13. The first kappa shape index (κ1) is 18.0. The summed E-state index contributed by atoms with van der Waals surface area (Å²) in [6.45, 7) is 3.86. The highest BCUT2D eigenvalue weighted by molar-refractivity contribution is 6.29. The van der Waals surface area contributed by atoms with Crippen LogP contribution in [0.1, 0.15) is 18.1 Å². The van der Waals surface area contributed by atoms with E-state index in [1.54, 1.807) is 25.5 Å². The van der Waals surface area contributed by atoms with E-state index in [2.05, 4.69) is 25.6 Å². The number of aromatic nitrogens is 2. The molecule has 0 bridgehead atoms. The predicted octanol–water partition coefficient (Wildman–Crippen LogP) is 2.44. The first-order valence-electron chi connectivity index (χ1n) is 7.84. The van der Waals surface area contributed by atoms with Crippen LogP contribution in [0.15, 0.2) is 41.7 Å². The number of halogens is 1. The topological polar surface area (TPSA) is 71.4 Å². The Labute approximate surface area is 147 Å². The molecular weight excluding hydrogens is 326 g/mol. The molecule has 0 aliphatic rings. The fourth-order valence-electron chi connectivity index (χ4n) is 2.10. The number of nitrogens with one attached hydrogen (secondary N) is 2. The molecule has 2 aromatic heterocycles. The van der Waals surface area contributed by atoms with Crippen molar-refractivity contribution < 1.29 is 4.74 Å². The van der Waals surface area contributed by atoms with Gasteiger partial charge in [-0.25, -0.2) is 9.97 Å². The van der Waals surface area contributed by atoms with Crippen molar-refractivity contribution in [3.63, 3.8) is 0 Å². The van der Waals surface area contributed by atoms with Gasteiger partial charge in [-0.3, -0.25) is 4.99 Å². The van der Waals surface area contributed by atoms with Crippen molar-refractivity contribution in [1.82, 2.24) is 20.6 Å². The summed E-state index contributed by atoms with van der Waals surface area (Å²) < 4.78 is 5.52. The van der Waals surface area contributed by atoms with Crippen LogP contribution in [-0.2, 0) is 13.0 Å². The molecule has 128 valence electrons. The quantitative estimate of drug-likeness (QED) is 0.457. The lowest BCUT2D eigenvalue weighted by molar-refractivity contribution is 0.322. The van der Waals surface area contributed by atoms with Gasteiger partial charge < -0.3 is 15.4 Å². The lowest BCUT2D eigenvalue weighted by Crippen LogP contribution is -2.38. The molecular formula is C17H22ClN5O. The van der Waals surface area contributed by atoms with Crippen molar-refractivity contribution in [3.05, 3.63) is 52.9 Å². The Balaban J connectivity index is 1.81. The molecule has 6 nitrogen and oxygen atoms in total. The van der Waals surface area contributed by atoms with Crippen molar-refractivity contribution in [2.45, 2.75) is 19.9 Å². The lowest BCUT2D eigenvalue weighted by atomic mass is 10.2. The minimum atomic E-state index is 0.505. The lowest BCUT2D eigenvalue weighted by Gasteiger charge is -2.13. The molecule has 24 heavy (non-hydrogen) atoms. The molecule has 0 saturated heterocycles. The van der Waals surface area contributed by atoms with E-state index in [-0.39, 0.29) is 0 Å². The summed E-state index contributed by atoms with van der Waals surface area (Å²) in [5.74, 6) is 1.37. The second-order valence-electron chi connectivity index (χ2n) is 4.99. The summed E-state index contributed by atoms with van der Waals surface area (Å²) in [7, 11) is 1.74. The summed E-state index contributed by atoms with van der Waals surface area (Å²) in [6.07, 6.45) is 4.34. The van der Waals surface area contributed by atoms with Crippen LogP contribution in [0.25, 0.3) is 0 Å². The number of hydrogen-bond acceptors (Lipinski definition) is 4. The largest absolute Gasteiger partial charge is 0.478 e. The minimum Gasteiger partial charge on any atom is -0.478 e. The van der Waals surface area contributed by atoms with Crippen LogP contribution in [-0.4, -0.2) is 36.1 Å². The molecule has 0 atom stereocenters. The third-order valence-electron chi connectivity index (χ3n) is 3.30. The average Bonchev–Trinajstić information content (AvgIpc) is 2.61. The SMILES string of the molecule is CCOc1ncccc1CNC(=NC)NCCc1ccc(Cl)nc1. The summed E-state index contributed by atoms with van der Waals surface area (Å²) in [5.41, 5.74) is 2.11.